The molecule has 2 atom stereocenters. The topological polar surface area (TPSA) is 36.9 Å². The summed E-state index contributed by atoms with van der Waals surface area (Å²) in [6.45, 7) is 3.55. The van der Waals surface area contributed by atoms with Gasteiger partial charge in [0.1, 0.15) is 12.2 Å². The molecule has 2 aromatic carbocycles. The fraction of sp³-hybridized carbons (Fsp3) is 0.280. The highest BCUT2D eigenvalue weighted by atomic mass is 35.5. The Balaban J connectivity index is 1.55. The average molecular weight is 425 g/mol. The first-order valence-corrected chi connectivity index (χ1v) is 10.5. The Morgan fingerprint density at radius 2 is 1.97 bits per heavy atom. The van der Waals surface area contributed by atoms with Gasteiger partial charge >= 0.3 is 0 Å². The highest BCUT2D eigenvalue weighted by molar-refractivity contribution is 6.30. The SMILES string of the molecule is CCOCC1C=C2CC(C(OCc3cccc(Cl)c3)c3ccccc3)=CC=C2OO1. The Kier molecular flexibility index (Phi) is 7.03. The molecular formula is C25H25ClO4. The van der Waals surface area contributed by atoms with E-state index in [9.17, 15) is 0 Å². The number of hydrogen-bond donors (Lipinski definition) is 0. The van der Waals surface area contributed by atoms with E-state index in [4.69, 9.17) is 30.8 Å². The van der Waals surface area contributed by atoms with Gasteiger partial charge in [-0.2, -0.15) is 4.89 Å². The molecule has 4 rings (SSSR count). The van der Waals surface area contributed by atoms with Crippen molar-refractivity contribution in [2.24, 2.45) is 0 Å². The first-order valence-electron chi connectivity index (χ1n) is 10.2. The maximum atomic E-state index is 6.40. The van der Waals surface area contributed by atoms with E-state index in [0.29, 0.717) is 24.8 Å². The number of ether oxygens (including phenoxy) is 2. The molecule has 0 spiro atoms. The number of hydrogen-bond acceptors (Lipinski definition) is 4. The Bertz CT molecular complexity index is 949. The molecule has 5 heteroatoms. The quantitative estimate of drug-likeness (QED) is 0.479. The molecule has 4 nitrogen and oxygen atoms in total. The minimum Gasteiger partial charge on any atom is -0.379 e. The number of allylic oxidation sites excluding steroid dienone is 3. The molecule has 1 aliphatic carbocycles. The van der Waals surface area contributed by atoms with Crippen molar-refractivity contribution in [1.82, 2.24) is 0 Å². The van der Waals surface area contributed by atoms with E-state index in [-0.39, 0.29) is 12.2 Å². The summed E-state index contributed by atoms with van der Waals surface area (Å²) >= 11 is 6.13. The van der Waals surface area contributed by atoms with Crippen molar-refractivity contribution in [3.05, 3.63) is 106 Å². The van der Waals surface area contributed by atoms with Crippen LogP contribution in [0.5, 0.6) is 0 Å². The third kappa shape index (κ3) is 5.21. The van der Waals surface area contributed by atoms with E-state index < -0.39 is 0 Å². The highest BCUT2D eigenvalue weighted by Gasteiger charge is 2.27. The molecule has 0 saturated heterocycles. The molecule has 0 saturated carbocycles. The minimum atomic E-state index is -0.209. The molecular weight excluding hydrogens is 400 g/mol. The molecule has 0 aromatic heterocycles. The van der Waals surface area contributed by atoms with Gasteiger partial charge in [-0.15, -0.1) is 0 Å². The summed E-state index contributed by atoms with van der Waals surface area (Å²) < 4.78 is 11.9. The van der Waals surface area contributed by atoms with Crippen LogP contribution in [0.15, 0.2) is 89.7 Å². The molecule has 30 heavy (non-hydrogen) atoms. The van der Waals surface area contributed by atoms with Crippen LogP contribution >= 0.6 is 11.6 Å². The first kappa shape index (κ1) is 20.9. The lowest BCUT2D eigenvalue weighted by molar-refractivity contribution is -0.294. The van der Waals surface area contributed by atoms with Crippen molar-refractivity contribution in [2.45, 2.75) is 32.2 Å². The van der Waals surface area contributed by atoms with Gasteiger partial charge in [-0.05, 0) is 47.9 Å². The van der Waals surface area contributed by atoms with E-state index in [1.165, 1.54) is 5.57 Å². The number of fused-ring (bicyclic) bond motifs is 1. The summed E-state index contributed by atoms with van der Waals surface area (Å²) in [5.41, 5.74) is 4.41. The average Bonchev–Trinajstić information content (AvgIpc) is 2.78. The maximum absolute atomic E-state index is 6.40. The zero-order valence-corrected chi connectivity index (χ0v) is 17.7. The number of rotatable bonds is 8. The van der Waals surface area contributed by atoms with Gasteiger partial charge in [-0.1, -0.05) is 60.1 Å². The van der Waals surface area contributed by atoms with Gasteiger partial charge in [0.05, 0.1) is 13.2 Å². The van der Waals surface area contributed by atoms with Gasteiger partial charge in [0.15, 0.2) is 5.76 Å². The second kappa shape index (κ2) is 10.1. The van der Waals surface area contributed by atoms with E-state index in [2.05, 4.69) is 24.3 Å². The Hall–Kier alpha value is -2.37. The lowest BCUT2D eigenvalue weighted by Crippen LogP contribution is -2.24. The van der Waals surface area contributed by atoms with Crippen LogP contribution in [0.2, 0.25) is 5.02 Å². The van der Waals surface area contributed by atoms with Gasteiger partial charge < -0.3 is 14.4 Å². The van der Waals surface area contributed by atoms with Gasteiger partial charge in [0, 0.05) is 23.6 Å². The Morgan fingerprint density at radius 3 is 2.77 bits per heavy atom. The molecule has 2 unspecified atom stereocenters. The van der Waals surface area contributed by atoms with Crippen molar-refractivity contribution in [3.8, 4) is 0 Å². The summed E-state index contributed by atoms with van der Waals surface area (Å²) in [6, 6.07) is 18.0. The van der Waals surface area contributed by atoms with Gasteiger partial charge in [-0.25, -0.2) is 0 Å². The predicted molar refractivity (Wildman–Crippen MR) is 117 cm³/mol. The van der Waals surface area contributed by atoms with Crippen LogP contribution in [0.3, 0.4) is 0 Å². The number of halogens is 1. The van der Waals surface area contributed by atoms with Crippen molar-refractivity contribution in [1.29, 1.82) is 0 Å². The van der Waals surface area contributed by atoms with Crippen LogP contribution in [0.1, 0.15) is 30.6 Å². The van der Waals surface area contributed by atoms with E-state index in [1.54, 1.807) is 0 Å². The maximum Gasteiger partial charge on any atom is 0.168 e. The molecule has 1 heterocycles. The van der Waals surface area contributed by atoms with Crippen LogP contribution in [-0.2, 0) is 25.9 Å². The highest BCUT2D eigenvalue weighted by Crippen LogP contribution is 2.38. The van der Waals surface area contributed by atoms with Crippen molar-refractivity contribution < 1.29 is 19.2 Å². The number of benzene rings is 2. The van der Waals surface area contributed by atoms with Gasteiger partial charge in [0.2, 0.25) is 0 Å². The van der Waals surface area contributed by atoms with Crippen molar-refractivity contribution >= 4 is 11.6 Å². The lowest BCUT2D eigenvalue weighted by atomic mass is 9.90. The Labute approximate surface area is 182 Å². The predicted octanol–water partition coefficient (Wildman–Crippen LogP) is 6.11. The van der Waals surface area contributed by atoms with Gasteiger partial charge in [-0.3, -0.25) is 0 Å². The summed E-state index contributed by atoms with van der Waals surface area (Å²) in [5, 5.41) is 0.710. The summed E-state index contributed by atoms with van der Waals surface area (Å²) in [4.78, 5) is 10.9. The smallest absolute Gasteiger partial charge is 0.168 e. The molecule has 156 valence electrons. The molecule has 0 amide bonds. The third-order valence-electron chi connectivity index (χ3n) is 5.04. The minimum absolute atomic E-state index is 0.169. The van der Waals surface area contributed by atoms with Crippen LogP contribution in [0.25, 0.3) is 0 Å². The van der Waals surface area contributed by atoms with E-state index in [1.807, 2.05) is 55.5 Å². The molecule has 0 fully saturated rings. The molecule has 0 bridgehead atoms. The normalized spacial score (nSPS) is 19.1. The zero-order chi connectivity index (χ0) is 20.8. The second-order valence-corrected chi connectivity index (χ2v) is 7.69. The van der Waals surface area contributed by atoms with Crippen LogP contribution in [-0.4, -0.2) is 19.3 Å². The Morgan fingerprint density at radius 1 is 1.10 bits per heavy atom. The first-order chi connectivity index (χ1) is 14.7. The molecule has 1 aliphatic heterocycles. The molecule has 2 aromatic rings. The summed E-state index contributed by atoms with van der Waals surface area (Å²) in [6.07, 6.45) is 6.44. The zero-order valence-electron chi connectivity index (χ0n) is 16.9. The van der Waals surface area contributed by atoms with E-state index >= 15 is 0 Å². The summed E-state index contributed by atoms with van der Waals surface area (Å²) in [5.74, 6) is 0.744. The van der Waals surface area contributed by atoms with Crippen LogP contribution in [0, 0.1) is 0 Å². The van der Waals surface area contributed by atoms with Gasteiger partial charge in [0.25, 0.3) is 0 Å². The van der Waals surface area contributed by atoms with Crippen molar-refractivity contribution in [3.63, 3.8) is 0 Å². The summed E-state index contributed by atoms with van der Waals surface area (Å²) in [7, 11) is 0. The second-order valence-electron chi connectivity index (χ2n) is 7.25. The standard InChI is InChI=1S/C25H25ClO4/c1-2-27-17-23-15-21-14-20(11-12-24(21)30-29-23)25(19-8-4-3-5-9-19)28-16-18-7-6-10-22(26)13-18/h3-13,15,23,25H,2,14,16-17H2,1H3. The molecule has 2 aliphatic rings. The molecule has 0 radical (unpaired) electrons. The fourth-order valence-corrected chi connectivity index (χ4v) is 3.80. The van der Waals surface area contributed by atoms with E-state index in [0.717, 1.165) is 28.9 Å². The van der Waals surface area contributed by atoms with Crippen molar-refractivity contribution in [2.75, 3.05) is 13.2 Å². The monoisotopic (exact) mass is 424 g/mol. The van der Waals surface area contributed by atoms with Crippen LogP contribution < -0.4 is 0 Å². The van der Waals surface area contributed by atoms with Crippen LogP contribution in [0.4, 0.5) is 0 Å². The third-order valence-corrected chi connectivity index (χ3v) is 5.27. The lowest BCUT2D eigenvalue weighted by Gasteiger charge is -2.29. The fourth-order valence-electron chi connectivity index (χ4n) is 3.59. The molecule has 0 N–H and O–H groups in total. The largest absolute Gasteiger partial charge is 0.379 e.